The summed E-state index contributed by atoms with van der Waals surface area (Å²) >= 11 is 0. The van der Waals surface area contributed by atoms with Crippen molar-refractivity contribution in [3.05, 3.63) is 35.9 Å². The molecular weight excluding hydrogens is 368 g/mol. The number of hydrogen-bond acceptors (Lipinski definition) is 4. The quantitative estimate of drug-likeness (QED) is 0.523. The van der Waals surface area contributed by atoms with E-state index in [1.807, 2.05) is 0 Å². The Hall–Kier alpha value is -2.63. The predicted molar refractivity (Wildman–Crippen MR) is 109 cm³/mol. The van der Waals surface area contributed by atoms with Gasteiger partial charge in [0.1, 0.15) is 11.8 Å². The molecule has 0 spiro atoms. The predicted octanol–water partition coefficient (Wildman–Crippen LogP) is 3.46. The van der Waals surface area contributed by atoms with E-state index < -0.39 is 6.04 Å². The average Bonchev–Trinajstić information content (AvgIpc) is 3.55. The van der Waals surface area contributed by atoms with Crippen LogP contribution in [0.3, 0.4) is 0 Å². The Bertz CT molecular complexity index is 826. The molecule has 0 aromatic heterocycles. The fourth-order valence-electron chi connectivity index (χ4n) is 4.24. The van der Waals surface area contributed by atoms with E-state index in [9.17, 15) is 14.4 Å². The fourth-order valence-corrected chi connectivity index (χ4v) is 4.24. The van der Waals surface area contributed by atoms with E-state index in [1.54, 1.807) is 36.3 Å². The summed E-state index contributed by atoms with van der Waals surface area (Å²) in [5.41, 5.74) is 1.89. The maximum atomic E-state index is 13.2. The third-order valence-electron chi connectivity index (χ3n) is 6.10. The molecule has 4 rings (SSSR count). The molecule has 3 aliphatic rings. The molecule has 1 heterocycles. The minimum Gasteiger partial charge on any atom is -0.497 e. The Kier molecular flexibility index (Phi) is 5.69. The number of ether oxygens (including phenoxy) is 1. The van der Waals surface area contributed by atoms with Crippen molar-refractivity contribution in [3.63, 3.8) is 0 Å². The van der Waals surface area contributed by atoms with Crippen LogP contribution in [0.5, 0.6) is 5.75 Å². The fraction of sp³-hybridized carbons (Fsp3) is 0.522. The highest BCUT2D eigenvalue weighted by atomic mass is 16.5. The van der Waals surface area contributed by atoms with Crippen LogP contribution in [0.15, 0.2) is 35.9 Å². The summed E-state index contributed by atoms with van der Waals surface area (Å²) in [5.74, 6) is 0.163. The van der Waals surface area contributed by atoms with Crippen LogP contribution in [0.25, 0.3) is 0 Å². The second-order valence-corrected chi connectivity index (χ2v) is 8.15. The SMILES string of the molecule is COc1ccc(N2C(=O)CC(N(CCC3=CCCCC3)C(=O)C3CC3)C2=O)cc1. The summed E-state index contributed by atoms with van der Waals surface area (Å²) in [6.07, 6.45) is 9.47. The van der Waals surface area contributed by atoms with Gasteiger partial charge in [0.05, 0.1) is 19.2 Å². The molecule has 0 radical (unpaired) electrons. The third kappa shape index (κ3) is 4.21. The van der Waals surface area contributed by atoms with E-state index in [4.69, 9.17) is 4.74 Å². The summed E-state index contributed by atoms with van der Waals surface area (Å²) in [6, 6.07) is 6.17. The van der Waals surface area contributed by atoms with Gasteiger partial charge in [0.2, 0.25) is 11.8 Å². The maximum absolute atomic E-state index is 13.2. The zero-order chi connectivity index (χ0) is 20.4. The van der Waals surface area contributed by atoms with Gasteiger partial charge >= 0.3 is 0 Å². The van der Waals surface area contributed by atoms with Crippen molar-refractivity contribution in [2.45, 2.75) is 57.4 Å². The van der Waals surface area contributed by atoms with Crippen LogP contribution >= 0.6 is 0 Å². The Morgan fingerprint density at radius 2 is 1.93 bits per heavy atom. The van der Waals surface area contributed by atoms with Crippen molar-refractivity contribution in [2.24, 2.45) is 5.92 Å². The molecule has 1 unspecified atom stereocenters. The van der Waals surface area contributed by atoms with Crippen LogP contribution in [-0.2, 0) is 14.4 Å². The van der Waals surface area contributed by atoms with E-state index >= 15 is 0 Å². The van der Waals surface area contributed by atoms with Gasteiger partial charge in [0.25, 0.3) is 5.91 Å². The van der Waals surface area contributed by atoms with E-state index in [-0.39, 0.29) is 30.1 Å². The van der Waals surface area contributed by atoms with Crippen molar-refractivity contribution in [1.29, 1.82) is 0 Å². The molecule has 6 heteroatoms. The van der Waals surface area contributed by atoms with Crippen molar-refractivity contribution >= 4 is 23.4 Å². The number of allylic oxidation sites excluding steroid dienone is 1. The van der Waals surface area contributed by atoms with Crippen molar-refractivity contribution in [1.82, 2.24) is 4.90 Å². The molecule has 2 fully saturated rings. The number of amides is 3. The minimum atomic E-state index is -0.693. The summed E-state index contributed by atoms with van der Waals surface area (Å²) in [4.78, 5) is 41.7. The van der Waals surface area contributed by atoms with E-state index in [1.165, 1.54) is 23.3 Å². The van der Waals surface area contributed by atoms with Crippen LogP contribution in [0, 0.1) is 5.92 Å². The van der Waals surface area contributed by atoms with Crippen LogP contribution in [0.1, 0.15) is 51.4 Å². The number of carbonyl (C=O) groups is 3. The number of imide groups is 1. The number of nitrogens with zero attached hydrogens (tertiary/aromatic N) is 2. The van der Waals surface area contributed by atoms with Gasteiger partial charge in [0, 0.05) is 12.5 Å². The average molecular weight is 396 g/mol. The molecule has 3 amide bonds. The van der Waals surface area contributed by atoms with Gasteiger partial charge in [-0.2, -0.15) is 0 Å². The standard InChI is InChI=1S/C23H28N2O4/c1-29-19-11-9-18(10-12-19)25-21(26)15-20(23(25)28)24(22(27)17-7-8-17)14-13-16-5-3-2-4-6-16/h5,9-12,17,20H,2-4,6-8,13-15H2,1H3. The lowest BCUT2D eigenvalue weighted by Crippen LogP contribution is -2.46. The number of hydrogen-bond donors (Lipinski definition) is 0. The smallest absolute Gasteiger partial charge is 0.257 e. The van der Waals surface area contributed by atoms with Gasteiger partial charge in [-0.05, 0) is 69.2 Å². The van der Waals surface area contributed by atoms with Gasteiger partial charge in [-0.25, -0.2) is 4.90 Å². The molecule has 154 valence electrons. The topological polar surface area (TPSA) is 66.9 Å². The Balaban J connectivity index is 1.52. The highest BCUT2D eigenvalue weighted by Gasteiger charge is 2.46. The summed E-state index contributed by atoms with van der Waals surface area (Å²) in [5, 5.41) is 0. The van der Waals surface area contributed by atoms with E-state index in [0.717, 1.165) is 32.1 Å². The summed E-state index contributed by atoms with van der Waals surface area (Å²) < 4.78 is 5.15. The molecule has 1 saturated carbocycles. The largest absolute Gasteiger partial charge is 0.497 e. The molecule has 1 aromatic rings. The highest BCUT2D eigenvalue weighted by Crippen LogP contribution is 2.35. The minimum absolute atomic E-state index is 0.0215. The maximum Gasteiger partial charge on any atom is 0.257 e. The molecule has 1 atom stereocenters. The monoisotopic (exact) mass is 396 g/mol. The van der Waals surface area contributed by atoms with Gasteiger partial charge < -0.3 is 9.64 Å². The van der Waals surface area contributed by atoms with Crippen molar-refractivity contribution in [2.75, 3.05) is 18.6 Å². The van der Waals surface area contributed by atoms with Crippen LogP contribution in [-0.4, -0.2) is 42.3 Å². The van der Waals surface area contributed by atoms with Crippen LogP contribution in [0.4, 0.5) is 5.69 Å². The zero-order valence-corrected chi connectivity index (χ0v) is 16.9. The van der Waals surface area contributed by atoms with Gasteiger partial charge in [-0.3, -0.25) is 14.4 Å². The molecule has 0 N–H and O–H groups in total. The molecule has 29 heavy (non-hydrogen) atoms. The zero-order valence-electron chi connectivity index (χ0n) is 16.9. The van der Waals surface area contributed by atoms with Gasteiger partial charge in [-0.15, -0.1) is 0 Å². The Morgan fingerprint density at radius 1 is 1.17 bits per heavy atom. The molecule has 1 aliphatic heterocycles. The molecular formula is C23H28N2O4. The molecule has 2 aliphatic carbocycles. The second-order valence-electron chi connectivity index (χ2n) is 8.15. The summed E-state index contributed by atoms with van der Waals surface area (Å²) in [7, 11) is 1.57. The molecule has 0 bridgehead atoms. The van der Waals surface area contributed by atoms with Gasteiger partial charge in [-0.1, -0.05) is 11.6 Å². The van der Waals surface area contributed by atoms with Gasteiger partial charge in [0.15, 0.2) is 0 Å². The Labute approximate surface area is 171 Å². The lowest BCUT2D eigenvalue weighted by molar-refractivity contribution is -0.139. The molecule has 6 nitrogen and oxygen atoms in total. The first-order valence-electron chi connectivity index (χ1n) is 10.6. The van der Waals surface area contributed by atoms with Crippen molar-refractivity contribution < 1.29 is 19.1 Å². The molecule has 1 aromatic carbocycles. The van der Waals surface area contributed by atoms with Crippen molar-refractivity contribution in [3.8, 4) is 5.75 Å². The van der Waals surface area contributed by atoms with E-state index in [2.05, 4.69) is 6.08 Å². The lowest BCUT2D eigenvalue weighted by Gasteiger charge is -2.28. The lowest BCUT2D eigenvalue weighted by atomic mass is 9.97. The first kappa shape index (κ1) is 19.7. The normalized spacial score (nSPS) is 21.9. The van der Waals surface area contributed by atoms with Crippen LogP contribution in [0.2, 0.25) is 0 Å². The van der Waals surface area contributed by atoms with Crippen LogP contribution < -0.4 is 9.64 Å². The first-order valence-corrected chi connectivity index (χ1v) is 10.6. The van der Waals surface area contributed by atoms with E-state index in [0.29, 0.717) is 18.0 Å². The molecule has 1 saturated heterocycles. The third-order valence-corrected chi connectivity index (χ3v) is 6.10. The second kappa shape index (κ2) is 8.39. The Morgan fingerprint density at radius 3 is 2.55 bits per heavy atom. The number of methoxy groups -OCH3 is 1. The number of anilines is 1. The summed E-state index contributed by atoms with van der Waals surface area (Å²) in [6.45, 7) is 0.515. The number of carbonyl (C=O) groups excluding carboxylic acids is 3. The highest BCUT2D eigenvalue weighted by molar-refractivity contribution is 6.23. The number of benzene rings is 1. The first-order chi connectivity index (χ1) is 14.1. The number of rotatable bonds is 7.